The van der Waals surface area contributed by atoms with Crippen LogP contribution in [0.3, 0.4) is 0 Å². The Morgan fingerprint density at radius 2 is 1.96 bits per heavy atom. The maximum Gasteiger partial charge on any atom is 0.241 e. The number of hydrogen-bond acceptors (Lipinski definition) is 4. The smallest absolute Gasteiger partial charge is 0.241 e. The molecule has 1 aromatic carbocycles. The topological polar surface area (TPSA) is 92.5 Å². The molecule has 2 atom stereocenters. The average molecular weight is 374 g/mol. The summed E-state index contributed by atoms with van der Waals surface area (Å²) < 4.78 is 27.2. The molecule has 1 fully saturated rings. The molecule has 1 amide bonds. The molecule has 1 saturated heterocycles. The van der Waals surface area contributed by atoms with Gasteiger partial charge in [0, 0.05) is 24.2 Å². The van der Waals surface area contributed by atoms with Crippen LogP contribution in [0.4, 0.5) is 0 Å². The molecule has 8 heteroatoms. The summed E-state index contributed by atoms with van der Waals surface area (Å²) in [5, 5.41) is 0.449. The fraction of sp³-hybridized carbons (Fsp3) is 0.562. The van der Waals surface area contributed by atoms with Gasteiger partial charge >= 0.3 is 0 Å². The molecule has 1 heterocycles. The van der Waals surface area contributed by atoms with Crippen molar-refractivity contribution in [2.24, 2.45) is 11.1 Å². The minimum absolute atomic E-state index is 0.0302. The predicted octanol–water partition coefficient (Wildman–Crippen LogP) is 1.59. The molecule has 0 aromatic heterocycles. The number of nitrogens with one attached hydrogen (secondary N) is 1. The van der Waals surface area contributed by atoms with Gasteiger partial charge in [0.05, 0.1) is 10.9 Å². The van der Waals surface area contributed by atoms with Crippen molar-refractivity contribution in [2.45, 2.75) is 44.2 Å². The zero-order valence-corrected chi connectivity index (χ0v) is 15.7. The summed E-state index contributed by atoms with van der Waals surface area (Å²) in [7, 11) is -3.78. The molecule has 0 bridgehead atoms. The number of benzene rings is 1. The lowest BCUT2D eigenvalue weighted by atomic mass is 9.79. The number of halogens is 1. The first kappa shape index (κ1) is 19.2. The SMILES string of the molecule is CC(NS(=O)(=O)c1ccc(Cl)cc1)C(=O)N1CCC(N)C(C)(C)C1. The number of likely N-dealkylation sites (tertiary alicyclic amines) is 1. The summed E-state index contributed by atoms with van der Waals surface area (Å²) in [4.78, 5) is 14.3. The summed E-state index contributed by atoms with van der Waals surface area (Å²) in [6.07, 6.45) is 0.704. The number of carbonyl (C=O) groups is 1. The summed E-state index contributed by atoms with van der Waals surface area (Å²) in [5.41, 5.74) is 5.89. The Morgan fingerprint density at radius 3 is 2.50 bits per heavy atom. The number of amides is 1. The molecular formula is C16H24ClN3O3S. The minimum Gasteiger partial charge on any atom is -0.341 e. The van der Waals surface area contributed by atoms with Crippen LogP contribution in [0.25, 0.3) is 0 Å². The maximum absolute atomic E-state index is 12.6. The summed E-state index contributed by atoms with van der Waals surface area (Å²) in [6, 6.07) is 4.99. The largest absolute Gasteiger partial charge is 0.341 e. The van der Waals surface area contributed by atoms with Crippen LogP contribution in [0.2, 0.25) is 5.02 Å². The Bertz CT molecular complexity index is 704. The second kappa shape index (κ2) is 7.00. The van der Waals surface area contributed by atoms with Gasteiger partial charge in [-0.15, -0.1) is 0 Å². The van der Waals surface area contributed by atoms with Crippen LogP contribution in [0, 0.1) is 5.41 Å². The van der Waals surface area contributed by atoms with Crippen LogP contribution in [-0.2, 0) is 14.8 Å². The summed E-state index contributed by atoms with van der Waals surface area (Å²) >= 11 is 5.77. The fourth-order valence-corrected chi connectivity index (χ4v) is 4.12. The number of piperidine rings is 1. The zero-order chi connectivity index (χ0) is 18.1. The highest BCUT2D eigenvalue weighted by atomic mass is 35.5. The van der Waals surface area contributed by atoms with E-state index in [0.29, 0.717) is 24.5 Å². The third kappa shape index (κ3) is 4.27. The Morgan fingerprint density at radius 1 is 1.38 bits per heavy atom. The first-order chi connectivity index (χ1) is 11.0. The number of sulfonamides is 1. The monoisotopic (exact) mass is 373 g/mol. The molecule has 0 saturated carbocycles. The molecule has 1 aliphatic rings. The van der Waals surface area contributed by atoms with E-state index in [2.05, 4.69) is 4.72 Å². The predicted molar refractivity (Wildman–Crippen MR) is 94.2 cm³/mol. The lowest BCUT2D eigenvalue weighted by molar-refractivity contribution is -0.136. The highest BCUT2D eigenvalue weighted by molar-refractivity contribution is 7.89. The van der Waals surface area contributed by atoms with E-state index >= 15 is 0 Å². The molecule has 134 valence electrons. The van der Waals surface area contributed by atoms with Gasteiger partial charge in [0.2, 0.25) is 15.9 Å². The normalized spacial score (nSPS) is 22.2. The lowest BCUT2D eigenvalue weighted by Gasteiger charge is -2.43. The second-order valence-corrected chi connectivity index (χ2v) is 9.09. The standard InChI is InChI=1S/C16H24ClN3O3S/c1-11(15(21)20-9-8-14(18)16(2,3)10-20)19-24(22,23)13-6-4-12(17)5-7-13/h4-7,11,14,19H,8-10,18H2,1-3H3. The van der Waals surface area contributed by atoms with E-state index in [-0.39, 0.29) is 22.3 Å². The van der Waals surface area contributed by atoms with E-state index in [0.717, 1.165) is 0 Å². The van der Waals surface area contributed by atoms with Crippen LogP contribution in [0.15, 0.2) is 29.2 Å². The maximum atomic E-state index is 12.6. The van der Waals surface area contributed by atoms with Crippen molar-refractivity contribution < 1.29 is 13.2 Å². The van der Waals surface area contributed by atoms with E-state index in [1.165, 1.54) is 24.3 Å². The third-order valence-corrected chi connectivity index (χ3v) is 6.26. The van der Waals surface area contributed by atoms with Crippen molar-refractivity contribution in [2.75, 3.05) is 13.1 Å². The summed E-state index contributed by atoms with van der Waals surface area (Å²) in [5.74, 6) is -0.243. The molecule has 2 rings (SSSR count). The Hall–Kier alpha value is -1.15. The molecule has 1 aromatic rings. The van der Waals surface area contributed by atoms with Crippen molar-refractivity contribution >= 4 is 27.5 Å². The van der Waals surface area contributed by atoms with Crippen LogP contribution < -0.4 is 10.5 Å². The van der Waals surface area contributed by atoms with E-state index in [1.54, 1.807) is 11.8 Å². The van der Waals surface area contributed by atoms with E-state index in [1.807, 2.05) is 13.8 Å². The molecule has 0 spiro atoms. The minimum atomic E-state index is -3.78. The number of nitrogens with zero attached hydrogens (tertiary/aromatic N) is 1. The van der Waals surface area contributed by atoms with Crippen molar-refractivity contribution in [3.8, 4) is 0 Å². The van der Waals surface area contributed by atoms with Crippen LogP contribution in [-0.4, -0.2) is 44.4 Å². The van der Waals surface area contributed by atoms with E-state index < -0.39 is 16.1 Å². The fourth-order valence-electron chi connectivity index (χ4n) is 2.80. The number of hydrogen-bond donors (Lipinski definition) is 2. The Kier molecular flexibility index (Phi) is 5.59. The van der Waals surface area contributed by atoms with Gasteiger partial charge in [-0.05, 0) is 43.0 Å². The van der Waals surface area contributed by atoms with Gasteiger partial charge < -0.3 is 10.6 Å². The van der Waals surface area contributed by atoms with Crippen molar-refractivity contribution in [1.29, 1.82) is 0 Å². The number of nitrogens with two attached hydrogens (primary N) is 1. The van der Waals surface area contributed by atoms with Gasteiger partial charge in [-0.3, -0.25) is 4.79 Å². The zero-order valence-electron chi connectivity index (χ0n) is 14.1. The van der Waals surface area contributed by atoms with Crippen molar-refractivity contribution in [3.63, 3.8) is 0 Å². The molecular weight excluding hydrogens is 350 g/mol. The molecule has 0 aliphatic carbocycles. The molecule has 1 aliphatic heterocycles. The number of rotatable bonds is 4. The average Bonchev–Trinajstić information content (AvgIpc) is 2.49. The van der Waals surface area contributed by atoms with E-state index in [4.69, 9.17) is 17.3 Å². The summed E-state index contributed by atoms with van der Waals surface area (Å²) in [6.45, 7) is 6.63. The van der Waals surface area contributed by atoms with Crippen LogP contribution in [0.1, 0.15) is 27.2 Å². The first-order valence-corrected chi connectivity index (χ1v) is 9.71. The Balaban J connectivity index is 2.07. The van der Waals surface area contributed by atoms with Gasteiger partial charge in [-0.1, -0.05) is 25.4 Å². The highest BCUT2D eigenvalue weighted by Gasteiger charge is 2.37. The number of carbonyl (C=O) groups excluding carboxylic acids is 1. The lowest BCUT2D eigenvalue weighted by Crippen LogP contribution is -2.57. The van der Waals surface area contributed by atoms with Gasteiger partial charge in [0.1, 0.15) is 0 Å². The van der Waals surface area contributed by atoms with Crippen LogP contribution in [0.5, 0.6) is 0 Å². The molecule has 24 heavy (non-hydrogen) atoms. The first-order valence-electron chi connectivity index (χ1n) is 7.85. The van der Waals surface area contributed by atoms with Crippen molar-refractivity contribution in [3.05, 3.63) is 29.3 Å². The third-order valence-electron chi connectivity index (χ3n) is 4.45. The quantitative estimate of drug-likeness (QED) is 0.838. The van der Waals surface area contributed by atoms with Crippen molar-refractivity contribution in [1.82, 2.24) is 9.62 Å². The molecule has 0 radical (unpaired) electrons. The highest BCUT2D eigenvalue weighted by Crippen LogP contribution is 2.28. The van der Waals surface area contributed by atoms with Gasteiger partial charge in [-0.2, -0.15) is 4.72 Å². The van der Waals surface area contributed by atoms with Crippen LogP contribution >= 0.6 is 11.6 Å². The molecule has 2 unspecified atom stereocenters. The Labute approximate surface area is 148 Å². The molecule has 3 N–H and O–H groups in total. The van der Waals surface area contributed by atoms with Gasteiger partial charge in [0.15, 0.2) is 0 Å². The van der Waals surface area contributed by atoms with Gasteiger partial charge in [-0.25, -0.2) is 8.42 Å². The second-order valence-electron chi connectivity index (χ2n) is 6.94. The van der Waals surface area contributed by atoms with E-state index in [9.17, 15) is 13.2 Å². The van der Waals surface area contributed by atoms with Gasteiger partial charge in [0.25, 0.3) is 0 Å². The molecule has 6 nitrogen and oxygen atoms in total.